The molecule has 0 atom stereocenters. The van der Waals surface area contributed by atoms with Crippen LogP contribution in [0.1, 0.15) is 25.6 Å². The van der Waals surface area contributed by atoms with Crippen molar-refractivity contribution < 1.29 is 27.4 Å². The van der Waals surface area contributed by atoms with E-state index in [9.17, 15) is 18.3 Å². The lowest BCUT2D eigenvalue weighted by atomic mass is 10.3. The number of carbonyl (C=O) groups is 1. The van der Waals surface area contributed by atoms with Gasteiger partial charge in [-0.2, -0.15) is 8.42 Å². The summed E-state index contributed by atoms with van der Waals surface area (Å²) < 4.78 is 35.4. The van der Waals surface area contributed by atoms with Gasteiger partial charge in [-0.3, -0.25) is 9.35 Å². The number of thioether (sulfide) groups is 1. The summed E-state index contributed by atoms with van der Waals surface area (Å²) in [7, 11) is -4.06. The van der Waals surface area contributed by atoms with Crippen LogP contribution in [0, 0.1) is 6.57 Å². The van der Waals surface area contributed by atoms with E-state index in [0.717, 1.165) is 21.1 Å². The van der Waals surface area contributed by atoms with Gasteiger partial charge in [0.25, 0.3) is 15.9 Å². The molecule has 0 saturated carbocycles. The molecule has 3 aromatic rings. The van der Waals surface area contributed by atoms with Crippen LogP contribution >= 0.6 is 46.3 Å². The van der Waals surface area contributed by atoms with Crippen LogP contribution in [0.2, 0.25) is 10.0 Å². The van der Waals surface area contributed by atoms with Crippen molar-refractivity contribution in [3.63, 3.8) is 0 Å². The summed E-state index contributed by atoms with van der Waals surface area (Å²) in [6.45, 7) is 10.2. The van der Waals surface area contributed by atoms with Crippen LogP contribution in [0.4, 0.5) is 10.7 Å². The number of nitrogens with zero attached hydrogens (tertiary/aromatic N) is 4. The molecule has 4 rings (SSSR count). The molecule has 1 aromatic carbocycles. The number of rotatable bonds is 9. The molecule has 36 heavy (non-hydrogen) atoms. The standard InChI is InChI=1S/C22H20Cl2N4O5S3/c1-3-26-16-10-18(25-2)35-22(16)27(6-4-5-7-36(31,32)33)19(26)11-20-28(12-21(29)30)15-8-13(23)14(24)9-17(15)34-20/h8-11H,3-7,12H2,1H3,(H-,29,30,31,32,33)/p+1. The normalized spacial score (nSPS) is 14.5. The molecule has 9 nitrogen and oxygen atoms in total. The molecule has 0 fully saturated rings. The van der Waals surface area contributed by atoms with Crippen molar-refractivity contribution in [2.45, 2.75) is 37.8 Å². The number of halogens is 2. The molecule has 2 N–H and O–H groups in total. The lowest BCUT2D eigenvalue weighted by Gasteiger charge is -2.18. The molecule has 0 spiro atoms. The van der Waals surface area contributed by atoms with Crippen molar-refractivity contribution >= 4 is 89.5 Å². The molecular weight excluding hydrogens is 567 g/mol. The van der Waals surface area contributed by atoms with Crippen molar-refractivity contribution in [1.82, 2.24) is 4.57 Å². The number of imidazole rings is 1. The monoisotopic (exact) mass is 587 g/mol. The molecule has 0 radical (unpaired) electrons. The molecule has 0 aliphatic carbocycles. The number of unbranched alkanes of at least 4 members (excludes halogenated alkanes) is 1. The zero-order valence-corrected chi connectivity index (χ0v) is 22.9. The lowest BCUT2D eigenvalue weighted by molar-refractivity contribution is -0.672. The highest BCUT2D eigenvalue weighted by atomic mass is 35.5. The van der Waals surface area contributed by atoms with Gasteiger partial charge in [-0.25, -0.2) is 14.0 Å². The third-order valence-electron chi connectivity index (χ3n) is 5.55. The number of carboxylic acids is 1. The Balaban J connectivity index is 1.82. The third kappa shape index (κ3) is 5.51. The summed E-state index contributed by atoms with van der Waals surface area (Å²) in [5, 5.41) is 11.5. The second-order valence-corrected chi connectivity index (χ2v) is 12.4. The van der Waals surface area contributed by atoms with Crippen LogP contribution in [0.15, 0.2) is 28.1 Å². The highest BCUT2D eigenvalue weighted by molar-refractivity contribution is 8.03. The van der Waals surface area contributed by atoms with Gasteiger partial charge in [0.15, 0.2) is 5.52 Å². The van der Waals surface area contributed by atoms with Gasteiger partial charge in [0.1, 0.15) is 6.54 Å². The van der Waals surface area contributed by atoms with Crippen molar-refractivity contribution in [2.24, 2.45) is 0 Å². The van der Waals surface area contributed by atoms with E-state index < -0.39 is 16.1 Å². The molecule has 0 saturated heterocycles. The summed E-state index contributed by atoms with van der Waals surface area (Å²) in [6.07, 6.45) is 2.64. The number of fused-ring (bicyclic) bond motifs is 2. The predicted molar refractivity (Wildman–Crippen MR) is 143 cm³/mol. The average Bonchev–Trinajstić information content (AvgIpc) is 3.42. The van der Waals surface area contributed by atoms with Crippen LogP contribution in [-0.2, 0) is 28.0 Å². The second kappa shape index (κ2) is 10.6. The number of aromatic nitrogens is 2. The number of aliphatic carboxylic acids is 1. The average molecular weight is 589 g/mol. The molecule has 1 aliphatic heterocycles. The van der Waals surface area contributed by atoms with E-state index in [0.29, 0.717) is 45.3 Å². The molecule has 2 aromatic heterocycles. The van der Waals surface area contributed by atoms with Gasteiger partial charge < -0.3 is 10.0 Å². The van der Waals surface area contributed by atoms with Gasteiger partial charge in [0.05, 0.1) is 52.3 Å². The van der Waals surface area contributed by atoms with Crippen LogP contribution < -0.4 is 9.47 Å². The quantitative estimate of drug-likeness (QED) is 0.147. The highest BCUT2D eigenvalue weighted by Gasteiger charge is 2.32. The van der Waals surface area contributed by atoms with Crippen LogP contribution in [0.5, 0.6) is 0 Å². The summed E-state index contributed by atoms with van der Waals surface area (Å²) in [4.78, 5) is 18.6. The van der Waals surface area contributed by atoms with Gasteiger partial charge in [-0.05, 0) is 31.9 Å². The Labute approximate surface area is 226 Å². The zero-order chi connectivity index (χ0) is 26.2. The molecule has 190 valence electrons. The topological polar surface area (TPSA) is 108 Å². The zero-order valence-electron chi connectivity index (χ0n) is 18.9. The maximum absolute atomic E-state index is 11.7. The lowest BCUT2D eigenvalue weighted by Crippen LogP contribution is -2.37. The van der Waals surface area contributed by atoms with Gasteiger partial charge in [0, 0.05) is 11.0 Å². The number of carboxylic acid groups (broad SMARTS) is 1. The largest absolute Gasteiger partial charge is 0.480 e. The predicted octanol–water partition coefficient (Wildman–Crippen LogP) is 5.53. The van der Waals surface area contributed by atoms with Crippen molar-refractivity contribution in [1.29, 1.82) is 0 Å². The molecule has 3 heterocycles. The Morgan fingerprint density at radius 1 is 1.25 bits per heavy atom. The first-order valence-electron chi connectivity index (χ1n) is 10.8. The molecule has 14 heteroatoms. The molecule has 0 amide bonds. The fourth-order valence-electron chi connectivity index (χ4n) is 4.05. The Kier molecular flexibility index (Phi) is 7.89. The van der Waals surface area contributed by atoms with Crippen LogP contribution in [-0.4, -0.2) is 40.9 Å². The number of hydrogen-bond donors (Lipinski definition) is 2. The Morgan fingerprint density at radius 3 is 2.61 bits per heavy atom. The minimum absolute atomic E-state index is 0.268. The maximum atomic E-state index is 11.7. The van der Waals surface area contributed by atoms with Crippen LogP contribution in [0.3, 0.4) is 0 Å². The minimum Gasteiger partial charge on any atom is -0.480 e. The summed E-state index contributed by atoms with van der Waals surface area (Å²) >= 11 is 15.1. The van der Waals surface area contributed by atoms with Gasteiger partial charge in [-0.15, -0.1) is 11.3 Å². The molecular formula is C22H21Cl2N4O5S3+. The van der Waals surface area contributed by atoms with E-state index >= 15 is 0 Å². The maximum Gasteiger partial charge on any atom is 0.323 e. The first kappa shape index (κ1) is 26.8. The van der Waals surface area contributed by atoms with Gasteiger partial charge in [0.2, 0.25) is 9.83 Å². The van der Waals surface area contributed by atoms with Crippen LogP contribution in [0.25, 0.3) is 21.3 Å². The van der Waals surface area contributed by atoms with Crippen molar-refractivity contribution in [3.8, 4) is 0 Å². The first-order valence-corrected chi connectivity index (χ1v) is 14.8. The van der Waals surface area contributed by atoms with Gasteiger partial charge in [-0.1, -0.05) is 35.0 Å². The number of aryl methyl sites for hydroxylation is 2. The van der Waals surface area contributed by atoms with E-state index in [-0.39, 0.29) is 18.7 Å². The number of hydrogen-bond acceptors (Lipinski definition) is 6. The van der Waals surface area contributed by atoms with Gasteiger partial charge >= 0.3 is 5.97 Å². The number of benzene rings is 1. The SMILES string of the molecule is [C-]#[N+]c1cc2c(s1)[n+](CCCCS(=O)(=O)O)c(C=C1Sc3cc(Cl)c(Cl)cc3N1CC(=O)O)n2CC. The summed E-state index contributed by atoms with van der Waals surface area (Å²) in [6, 6.07) is 5.18. The summed E-state index contributed by atoms with van der Waals surface area (Å²) in [5.41, 5.74) is 1.51. The summed E-state index contributed by atoms with van der Waals surface area (Å²) in [5.74, 6) is -0.560. The second-order valence-electron chi connectivity index (χ2n) is 7.93. The smallest absolute Gasteiger partial charge is 0.323 e. The number of thiophene rings is 1. The Bertz CT molecular complexity index is 1540. The highest BCUT2D eigenvalue weighted by Crippen LogP contribution is 2.49. The van der Waals surface area contributed by atoms with E-state index in [4.69, 9.17) is 34.3 Å². The van der Waals surface area contributed by atoms with E-state index in [1.807, 2.05) is 28.2 Å². The van der Waals surface area contributed by atoms with Crippen molar-refractivity contribution in [2.75, 3.05) is 17.2 Å². The van der Waals surface area contributed by atoms with E-state index in [1.165, 1.54) is 23.1 Å². The first-order chi connectivity index (χ1) is 17.0. The molecule has 1 aliphatic rings. The van der Waals surface area contributed by atoms with Crippen molar-refractivity contribution in [3.05, 3.63) is 50.5 Å². The molecule has 0 bridgehead atoms. The Hall–Kier alpha value is -2.27. The fraction of sp³-hybridized carbons (Fsp3) is 0.318. The van der Waals surface area contributed by atoms with E-state index in [2.05, 4.69) is 4.85 Å². The van der Waals surface area contributed by atoms with E-state index in [1.54, 1.807) is 17.0 Å². The minimum atomic E-state index is -4.06. The Morgan fingerprint density at radius 2 is 1.97 bits per heavy atom. The fourth-order valence-corrected chi connectivity index (χ4v) is 7.10. The molecule has 0 unspecified atom stereocenters. The number of anilines is 1. The third-order valence-corrected chi connectivity index (χ3v) is 9.21.